The fraction of sp³-hybridized carbons (Fsp3) is 0.250. The van der Waals surface area contributed by atoms with Gasteiger partial charge in [0.15, 0.2) is 18.1 Å². The second-order valence-corrected chi connectivity index (χ2v) is 8.27. The summed E-state index contributed by atoms with van der Waals surface area (Å²) < 4.78 is 16.1. The number of urea groups is 1. The standard InChI is InChI=1S/C24H24Cl2N4O6/c1-4-35-23(32)21-13(2)28-24(33)29-22(21)15-6-8-18(19(10-15)34-3)36-12-20(31)30-27-11-14-5-7-16(25)17(26)9-14/h5-11,22H,4,12H2,1-3H3,(H,30,31)(H2,28,29,33)/b27-11-/t22-/m0/s1. The number of nitrogens with one attached hydrogen (secondary N) is 3. The van der Waals surface area contributed by atoms with Gasteiger partial charge in [-0.05, 0) is 49.2 Å². The molecule has 2 aromatic rings. The van der Waals surface area contributed by atoms with Gasteiger partial charge in [0.2, 0.25) is 0 Å². The number of amides is 3. The lowest BCUT2D eigenvalue weighted by atomic mass is 9.95. The summed E-state index contributed by atoms with van der Waals surface area (Å²) in [4.78, 5) is 36.7. The van der Waals surface area contributed by atoms with Gasteiger partial charge in [-0.15, -0.1) is 0 Å². The monoisotopic (exact) mass is 534 g/mol. The zero-order chi connectivity index (χ0) is 26.2. The van der Waals surface area contributed by atoms with E-state index in [1.165, 1.54) is 13.3 Å². The lowest BCUT2D eigenvalue weighted by molar-refractivity contribution is -0.139. The van der Waals surface area contributed by atoms with Gasteiger partial charge in [-0.1, -0.05) is 35.3 Å². The van der Waals surface area contributed by atoms with Crippen molar-refractivity contribution in [3.8, 4) is 11.5 Å². The highest BCUT2D eigenvalue weighted by molar-refractivity contribution is 6.42. The number of ether oxygens (including phenoxy) is 3. The Labute approximate surface area is 217 Å². The summed E-state index contributed by atoms with van der Waals surface area (Å²) in [5.41, 5.74) is 4.23. The second kappa shape index (κ2) is 12.3. The van der Waals surface area contributed by atoms with Crippen LogP contribution >= 0.6 is 23.2 Å². The summed E-state index contributed by atoms with van der Waals surface area (Å²) >= 11 is 11.8. The molecule has 1 aliphatic rings. The van der Waals surface area contributed by atoms with Crippen molar-refractivity contribution >= 4 is 47.3 Å². The number of hydrogen-bond acceptors (Lipinski definition) is 7. The van der Waals surface area contributed by atoms with Gasteiger partial charge in [-0.2, -0.15) is 5.10 Å². The van der Waals surface area contributed by atoms with Gasteiger partial charge in [0, 0.05) is 5.70 Å². The Morgan fingerprint density at radius 1 is 1.14 bits per heavy atom. The average molecular weight is 535 g/mol. The van der Waals surface area contributed by atoms with Crippen molar-refractivity contribution in [3.05, 3.63) is 68.8 Å². The van der Waals surface area contributed by atoms with Crippen LogP contribution in [0, 0.1) is 0 Å². The van der Waals surface area contributed by atoms with Crippen molar-refractivity contribution in [2.45, 2.75) is 19.9 Å². The molecule has 0 spiro atoms. The highest BCUT2D eigenvalue weighted by atomic mass is 35.5. The number of hydrazone groups is 1. The molecule has 0 unspecified atom stereocenters. The highest BCUT2D eigenvalue weighted by Gasteiger charge is 2.32. The second-order valence-electron chi connectivity index (χ2n) is 7.46. The van der Waals surface area contributed by atoms with Crippen LogP contribution in [0.3, 0.4) is 0 Å². The van der Waals surface area contributed by atoms with Crippen molar-refractivity contribution in [2.75, 3.05) is 20.3 Å². The molecule has 2 aromatic carbocycles. The molecule has 0 saturated carbocycles. The van der Waals surface area contributed by atoms with Crippen LogP contribution in [0.4, 0.5) is 4.79 Å². The van der Waals surface area contributed by atoms with Crippen molar-refractivity contribution in [1.29, 1.82) is 0 Å². The van der Waals surface area contributed by atoms with Gasteiger partial charge in [-0.3, -0.25) is 4.79 Å². The first-order valence-corrected chi connectivity index (χ1v) is 11.5. The molecule has 1 atom stereocenters. The molecule has 36 heavy (non-hydrogen) atoms. The van der Waals surface area contributed by atoms with Crippen LogP contribution in [-0.2, 0) is 14.3 Å². The van der Waals surface area contributed by atoms with Gasteiger partial charge in [0.1, 0.15) is 0 Å². The van der Waals surface area contributed by atoms with Crippen LogP contribution in [0.1, 0.15) is 31.0 Å². The fourth-order valence-corrected chi connectivity index (χ4v) is 3.66. The predicted molar refractivity (Wildman–Crippen MR) is 134 cm³/mol. The van der Waals surface area contributed by atoms with E-state index in [0.29, 0.717) is 32.6 Å². The number of benzene rings is 2. The molecule has 0 radical (unpaired) electrons. The van der Waals surface area contributed by atoms with Crippen LogP contribution in [-0.4, -0.2) is 44.4 Å². The zero-order valence-electron chi connectivity index (χ0n) is 19.7. The maximum absolute atomic E-state index is 12.5. The minimum atomic E-state index is -0.764. The first-order valence-electron chi connectivity index (χ1n) is 10.8. The minimum absolute atomic E-state index is 0.186. The Kier molecular flexibility index (Phi) is 9.15. The largest absolute Gasteiger partial charge is 0.493 e. The number of halogens is 2. The molecule has 0 aromatic heterocycles. The molecule has 10 nitrogen and oxygen atoms in total. The number of esters is 1. The third-order valence-electron chi connectivity index (χ3n) is 4.99. The number of nitrogens with zero attached hydrogens (tertiary/aromatic N) is 1. The van der Waals surface area contributed by atoms with Gasteiger partial charge in [0.05, 0.1) is 41.6 Å². The number of rotatable bonds is 9. The highest BCUT2D eigenvalue weighted by Crippen LogP contribution is 2.34. The lowest BCUT2D eigenvalue weighted by Crippen LogP contribution is -2.45. The summed E-state index contributed by atoms with van der Waals surface area (Å²) in [6.07, 6.45) is 1.42. The number of allylic oxidation sites excluding steroid dienone is 1. The minimum Gasteiger partial charge on any atom is -0.493 e. The molecule has 3 amide bonds. The number of hydrogen-bond donors (Lipinski definition) is 3. The van der Waals surface area contributed by atoms with Crippen LogP contribution in [0.2, 0.25) is 10.0 Å². The van der Waals surface area contributed by atoms with Gasteiger partial charge in [-0.25, -0.2) is 15.0 Å². The Hall–Kier alpha value is -3.76. The van der Waals surface area contributed by atoms with Crippen LogP contribution in [0.15, 0.2) is 52.8 Å². The topological polar surface area (TPSA) is 127 Å². The number of carbonyl (C=O) groups excluding carboxylic acids is 3. The summed E-state index contributed by atoms with van der Waals surface area (Å²) in [5, 5.41) is 9.94. The molecule has 3 rings (SSSR count). The molecule has 12 heteroatoms. The fourth-order valence-electron chi connectivity index (χ4n) is 3.35. The van der Waals surface area contributed by atoms with E-state index >= 15 is 0 Å². The van der Waals surface area contributed by atoms with Gasteiger partial charge in [0.25, 0.3) is 5.91 Å². The van der Waals surface area contributed by atoms with Crippen LogP contribution < -0.4 is 25.5 Å². The predicted octanol–water partition coefficient (Wildman–Crippen LogP) is 3.72. The maximum Gasteiger partial charge on any atom is 0.338 e. The Bertz CT molecular complexity index is 1230. The van der Waals surface area contributed by atoms with E-state index in [-0.39, 0.29) is 24.5 Å². The molecule has 0 saturated heterocycles. The average Bonchev–Trinajstić information content (AvgIpc) is 2.84. The Balaban J connectivity index is 1.68. The van der Waals surface area contributed by atoms with E-state index in [9.17, 15) is 14.4 Å². The molecular formula is C24H24Cl2N4O6. The molecule has 190 valence electrons. The van der Waals surface area contributed by atoms with E-state index in [1.807, 2.05) is 0 Å². The molecular weight excluding hydrogens is 511 g/mol. The SMILES string of the molecule is CCOC(=O)C1=C(C)NC(=O)N[C@H]1c1ccc(OCC(=O)N/N=C\c2ccc(Cl)c(Cl)c2)c(OC)c1. The first kappa shape index (κ1) is 26.8. The van der Waals surface area contributed by atoms with Gasteiger partial charge < -0.3 is 24.8 Å². The first-order chi connectivity index (χ1) is 17.2. The van der Waals surface area contributed by atoms with Crippen molar-refractivity contribution in [1.82, 2.24) is 16.1 Å². The maximum atomic E-state index is 12.5. The van der Waals surface area contributed by atoms with Crippen molar-refractivity contribution < 1.29 is 28.6 Å². The molecule has 1 aliphatic heterocycles. The van der Waals surface area contributed by atoms with E-state index in [2.05, 4.69) is 21.2 Å². The third kappa shape index (κ3) is 6.67. The molecule has 0 fully saturated rings. The van der Waals surface area contributed by atoms with Crippen LogP contribution in [0.5, 0.6) is 11.5 Å². The normalized spacial score (nSPS) is 15.2. The lowest BCUT2D eigenvalue weighted by Gasteiger charge is -2.28. The zero-order valence-corrected chi connectivity index (χ0v) is 21.2. The Morgan fingerprint density at radius 3 is 2.61 bits per heavy atom. The molecule has 0 bridgehead atoms. The smallest absolute Gasteiger partial charge is 0.338 e. The van der Waals surface area contributed by atoms with E-state index in [0.717, 1.165) is 0 Å². The third-order valence-corrected chi connectivity index (χ3v) is 5.73. The summed E-state index contributed by atoms with van der Waals surface area (Å²) in [6, 6.07) is 8.54. The molecule has 1 heterocycles. The van der Waals surface area contributed by atoms with E-state index in [1.54, 1.807) is 50.2 Å². The molecule has 3 N–H and O–H groups in total. The molecule has 0 aliphatic carbocycles. The number of carbonyl (C=O) groups is 3. The van der Waals surface area contributed by atoms with E-state index < -0.39 is 23.9 Å². The summed E-state index contributed by atoms with van der Waals surface area (Å²) in [6.45, 7) is 3.16. The van der Waals surface area contributed by atoms with Crippen LogP contribution in [0.25, 0.3) is 0 Å². The van der Waals surface area contributed by atoms with Crippen molar-refractivity contribution in [3.63, 3.8) is 0 Å². The number of methoxy groups -OCH3 is 1. The Morgan fingerprint density at radius 2 is 1.92 bits per heavy atom. The van der Waals surface area contributed by atoms with Gasteiger partial charge >= 0.3 is 12.0 Å². The summed E-state index contributed by atoms with van der Waals surface area (Å²) in [5.74, 6) is -0.479. The quantitative estimate of drug-likeness (QED) is 0.255. The summed E-state index contributed by atoms with van der Waals surface area (Å²) in [7, 11) is 1.43. The van der Waals surface area contributed by atoms with E-state index in [4.69, 9.17) is 37.4 Å². The van der Waals surface area contributed by atoms with Crippen molar-refractivity contribution in [2.24, 2.45) is 5.10 Å².